The lowest BCUT2D eigenvalue weighted by Gasteiger charge is -2.21. The number of hydrogen-bond acceptors (Lipinski definition) is 2. The van der Waals surface area contributed by atoms with Crippen LogP contribution < -0.4 is 5.32 Å². The van der Waals surface area contributed by atoms with E-state index in [1.165, 1.54) is 12.1 Å². The summed E-state index contributed by atoms with van der Waals surface area (Å²) < 4.78 is 15.6. The maximum atomic E-state index is 13.5. The molecule has 0 spiro atoms. The van der Waals surface area contributed by atoms with Crippen molar-refractivity contribution in [2.24, 2.45) is 0 Å². The van der Waals surface area contributed by atoms with Crippen molar-refractivity contribution < 1.29 is 9.18 Å². The van der Waals surface area contributed by atoms with Crippen LogP contribution in [0.2, 0.25) is 0 Å². The number of H-pyrrole nitrogens is 1. The molecule has 1 aliphatic carbocycles. The highest BCUT2D eigenvalue weighted by Gasteiger charge is 2.30. The summed E-state index contributed by atoms with van der Waals surface area (Å²) in [5.74, 6) is -0.451. The Hall–Kier alpha value is -2.63. The van der Waals surface area contributed by atoms with Crippen LogP contribution in [0.5, 0.6) is 0 Å². The first-order valence-corrected chi connectivity index (χ1v) is 8.19. The number of nitrogens with one attached hydrogen (secondary N) is 2. The van der Waals surface area contributed by atoms with E-state index in [2.05, 4.69) is 19.9 Å². The Labute approximate surface area is 138 Å². The van der Waals surface area contributed by atoms with Gasteiger partial charge in [-0.15, -0.1) is 0 Å². The zero-order chi connectivity index (χ0) is 16.7. The van der Waals surface area contributed by atoms with Crippen LogP contribution in [0.25, 0.3) is 10.9 Å². The zero-order valence-electron chi connectivity index (χ0n) is 13.4. The number of aryl methyl sites for hydroxylation is 1. The highest BCUT2D eigenvalue weighted by atomic mass is 19.1. The summed E-state index contributed by atoms with van der Waals surface area (Å²) in [5, 5.41) is 3.99. The summed E-state index contributed by atoms with van der Waals surface area (Å²) in [5.41, 5.74) is 1.93. The van der Waals surface area contributed by atoms with Gasteiger partial charge in [-0.1, -0.05) is 0 Å². The van der Waals surface area contributed by atoms with E-state index < -0.39 is 0 Å². The lowest BCUT2D eigenvalue weighted by molar-refractivity contribution is 0.0924. The molecule has 1 aliphatic rings. The van der Waals surface area contributed by atoms with Crippen molar-refractivity contribution in [2.45, 2.75) is 38.3 Å². The van der Waals surface area contributed by atoms with Gasteiger partial charge < -0.3 is 14.9 Å². The van der Waals surface area contributed by atoms with E-state index in [1.807, 2.05) is 13.1 Å². The van der Waals surface area contributed by atoms with Gasteiger partial charge in [0.05, 0.1) is 12.4 Å². The third-order valence-corrected chi connectivity index (χ3v) is 4.86. The van der Waals surface area contributed by atoms with Crippen LogP contribution in [0, 0.1) is 12.7 Å². The monoisotopic (exact) mass is 326 g/mol. The second-order valence-corrected chi connectivity index (χ2v) is 6.46. The van der Waals surface area contributed by atoms with Gasteiger partial charge >= 0.3 is 0 Å². The molecule has 2 N–H and O–H groups in total. The van der Waals surface area contributed by atoms with Crippen LogP contribution >= 0.6 is 0 Å². The van der Waals surface area contributed by atoms with E-state index in [-0.39, 0.29) is 23.8 Å². The molecular formula is C18H19FN4O. The number of aromatic nitrogens is 3. The summed E-state index contributed by atoms with van der Waals surface area (Å²) >= 11 is 0. The van der Waals surface area contributed by atoms with Gasteiger partial charge in [0.1, 0.15) is 11.5 Å². The lowest BCUT2D eigenvalue weighted by Crippen LogP contribution is -2.38. The largest absolute Gasteiger partial charge is 0.350 e. The average Bonchev–Trinajstić information content (AvgIpc) is 3.26. The molecule has 1 amide bonds. The lowest BCUT2D eigenvalue weighted by atomic mass is 10.1. The Morgan fingerprint density at radius 1 is 1.38 bits per heavy atom. The molecule has 1 aromatic carbocycles. The molecule has 0 bridgehead atoms. The maximum Gasteiger partial charge on any atom is 0.268 e. The molecule has 0 saturated heterocycles. The molecule has 2 heterocycles. The van der Waals surface area contributed by atoms with Crippen LogP contribution in [-0.4, -0.2) is 26.5 Å². The van der Waals surface area contributed by atoms with Crippen molar-refractivity contribution in [1.29, 1.82) is 0 Å². The van der Waals surface area contributed by atoms with Crippen LogP contribution in [0.3, 0.4) is 0 Å². The molecule has 1 fully saturated rings. The van der Waals surface area contributed by atoms with Crippen molar-refractivity contribution in [3.8, 4) is 0 Å². The Bertz CT molecular complexity index is 884. The minimum Gasteiger partial charge on any atom is -0.350 e. The topological polar surface area (TPSA) is 62.7 Å². The smallest absolute Gasteiger partial charge is 0.268 e. The van der Waals surface area contributed by atoms with Crippen LogP contribution in [0.15, 0.2) is 36.9 Å². The SMILES string of the molecule is Cc1cc(F)cc2[nH]c(C(=O)N[C@@H]3CCC[C@@H]3n3ccnc3)cc12. The molecule has 2 aromatic heterocycles. The van der Waals surface area contributed by atoms with Crippen molar-refractivity contribution in [1.82, 2.24) is 19.9 Å². The summed E-state index contributed by atoms with van der Waals surface area (Å²) in [4.78, 5) is 19.7. The predicted octanol–water partition coefficient (Wildman–Crippen LogP) is 3.34. The van der Waals surface area contributed by atoms with Crippen molar-refractivity contribution >= 4 is 16.8 Å². The third-order valence-electron chi connectivity index (χ3n) is 4.86. The summed E-state index contributed by atoms with van der Waals surface area (Å²) in [6, 6.07) is 5.00. The minimum absolute atomic E-state index is 0.0796. The number of nitrogens with zero attached hydrogens (tertiary/aromatic N) is 2. The van der Waals surface area contributed by atoms with Gasteiger partial charge in [-0.2, -0.15) is 0 Å². The number of aromatic amines is 1. The molecule has 24 heavy (non-hydrogen) atoms. The second kappa shape index (κ2) is 5.78. The van der Waals surface area contributed by atoms with Gasteiger partial charge in [-0.3, -0.25) is 4.79 Å². The van der Waals surface area contributed by atoms with E-state index in [1.54, 1.807) is 18.6 Å². The number of rotatable bonds is 3. The number of carbonyl (C=O) groups excluding carboxylic acids is 1. The van der Waals surface area contributed by atoms with E-state index in [0.717, 1.165) is 30.2 Å². The first-order valence-electron chi connectivity index (χ1n) is 8.19. The fraction of sp³-hybridized carbons (Fsp3) is 0.333. The molecule has 0 aliphatic heterocycles. The van der Waals surface area contributed by atoms with Gasteiger partial charge in [0.25, 0.3) is 5.91 Å². The van der Waals surface area contributed by atoms with Crippen LogP contribution in [-0.2, 0) is 0 Å². The van der Waals surface area contributed by atoms with E-state index in [9.17, 15) is 9.18 Å². The number of benzene rings is 1. The molecule has 124 valence electrons. The number of amides is 1. The standard InChI is InChI=1S/C18H19FN4O/c1-11-7-12(19)8-15-13(11)9-16(21-15)18(24)22-14-3-2-4-17(14)23-6-5-20-10-23/h5-10,14,17,21H,2-4H2,1H3,(H,22,24)/t14-,17+/m1/s1. The molecule has 2 atom stereocenters. The van der Waals surface area contributed by atoms with E-state index >= 15 is 0 Å². The molecule has 0 radical (unpaired) electrons. The molecule has 4 rings (SSSR count). The molecule has 0 unspecified atom stereocenters. The summed E-state index contributed by atoms with van der Waals surface area (Å²) in [6.07, 6.45) is 8.53. The van der Waals surface area contributed by atoms with Gasteiger partial charge in [-0.05, 0) is 49.9 Å². The molecule has 3 aromatic rings. The van der Waals surface area contributed by atoms with Crippen LogP contribution in [0.4, 0.5) is 4.39 Å². The first kappa shape index (κ1) is 14.9. The van der Waals surface area contributed by atoms with Gasteiger partial charge in [0.15, 0.2) is 0 Å². The Balaban J connectivity index is 1.57. The Kier molecular flexibility index (Phi) is 3.59. The van der Waals surface area contributed by atoms with Crippen molar-refractivity contribution in [3.63, 3.8) is 0 Å². The van der Waals surface area contributed by atoms with Crippen molar-refractivity contribution in [2.75, 3.05) is 0 Å². The quantitative estimate of drug-likeness (QED) is 0.775. The average molecular weight is 326 g/mol. The fourth-order valence-electron chi connectivity index (χ4n) is 3.67. The number of hydrogen-bond donors (Lipinski definition) is 2. The highest BCUT2D eigenvalue weighted by molar-refractivity contribution is 5.99. The van der Waals surface area contributed by atoms with Crippen molar-refractivity contribution in [3.05, 3.63) is 54.0 Å². The van der Waals surface area contributed by atoms with Crippen LogP contribution in [0.1, 0.15) is 41.4 Å². The molecular weight excluding hydrogens is 307 g/mol. The Morgan fingerprint density at radius 2 is 2.25 bits per heavy atom. The summed E-state index contributed by atoms with van der Waals surface area (Å²) in [7, 11) is 0. The Morgan fingerprint density at radius 3 is 3.04 bits per heavy atom. The van der Waals surface area contributed by atoms with Gasteiger partial charge in [0, 0.05) is 29.3 Å². The highest BCUT2D eigenvalue weighted by Crippen LogP contribution is 2.30. The van der Waals surface area contributed by atoms with Gasteiger partial charge in [-0.25, -0.2) is 9.37 Å². The zero-order valence-corrected chi connectivity index (χ0v) is 13.4. The molecule has 5 nitrogen and oxygen atoms in total. The van der Waals surface area contributed by atoms with Gasteiger partial charge in [0.2, 0.25) is 0 Å². The second-order valence-electron chi connectivity index (χ2n) is 6.46. The van der Waals surface area contributed by atoms with E-state index in [0.29, 0.717) is 11.2 Å². The maximum absolute atomic E-state index is 13.5. The molecule has 1 saturated carbocycles. The molecule has 6 heteroatoms. The first-order chi connectivity index (χ1) is 11.6. The number of fused-ring (bicyclic) bond motifs is 1. The fourth-order valence-corrected chi connectivity index (χ4v) is 3.67. The van der Waals surface area contributed by atoms with E-state index in [4.69, 9.17) is 0 Å². The third kappa shape index (κ3) is 2.58. The summed E-state index contributed by atoms with van der Waals surface area (Å²) in [6.45, 7) is 1.84. The number of carbonyl (C=O) groups is 1. The number of imidazole rings is 1. The normalized spacial score (nSPS) is 20.6. The number of halogens is 1. The minimum atomic E-state index is -0.301. The predicted molar refractivity (Wildman–Crippen MR) is 89.4 cm³/mol.